The van der Waals surface area contributed by atoms with Crippen molar-refractivity contribution in [1.29, 1.82) is 0 Å². The van der Waals surface area contributed by atoms with Gasteiger partial charge < -0.3 is 11.1 Å². The van der Waals surface area contributed by atoms with E-state index in [9.17, 15) is 0 Å². The van der Waals surface area contributed by atoms with Crippen LogP contribution in [0, 0.1) is 0 Å². The number of nitrogens with two attached hydrogens (primary N) is 1. The Kier molecular flexibility index (Phi) is 3.58. The quantitative estimate of drug-likeness (QED) is 0.881. The SMILES string of the molecule is NC1CCCCC1Nc1cc(Cl)c2ccccc2n1. The molecule has 1 fully saturated rings. The molecule has 3 N–H and O–H groups in total. The van der Waals surface area contributed by atoms with Gasteiger partial charge in [-0.1, -0.05) is 42.6 Å². The molecule has 3 nitrogen and oxygen atoms in total. The Balaban J connectivity index is 1.88. The number of para-hydroxylation sites is 1. The third kappa shape index (κ3) is 2.67. The van der Waals surface area contributed by atoms with Gasteiger partial charge in [-0.25, -0.2) is 4.98 Å². The molecule has 2 aromatic rings. The molecule has 1 aromatic carbocycles. The normalized spacial score (nSPS) is 23.5. The molecule has 1 aliphatic carbocycles. The molecule has 0 bridgehead atoms. The summed E-state index contributed by atoms with van der Waals surface area (Å²) in [6.45, 7) is 0. The van der Waals surface area contributed by atoms with E-state index in [1.807, 2.05) is 30.3 Å². The zero-order valence-electron chi connectivity index (χ0n) is 10.8. The number of rotatable bonds is 2. The summed E-state index contributed by atoms with van der Waals surface area (Å²) >= 11 is 6.31. The number of hydrogen-bond acceptors (Lipinski definition) is 3. The predicted octanol–water partition coefficient (Wildman–Crippen LogP) is 3.57. The summed E-state index contributed by atoms with van der Waals surface area (Å²) in [5.74, 6) is 0.825. The van der Waals surface area contributed by atoms with Crippen molar-refractivity contribution in [3.63, 3.8) is 0 Å². The van der Waals surface area contributed by atoms with Crippen molar-refractivity contribution in [1.82, 2.24) is 4.98 Å². The Morgan fingerprint density at radius 2 is 2.00 bits per heavy atom. The summed E-state index contributed by atoms with van der Waals surface area (Å²) in [6, 6.07) is 10.3. The average molecular weight is 276 g/mol. The van der Waals surface area contributed by atoms with E-state index in [-0.39, 0.29) is 6.04 Å². The van der Waals surface area contributed by atoms with Crippen LogP contribution >= 0.6 is 11.6 Å². The average Bonchev–Trinajstić information content (AvgIpc) is 2.42. The molecule has 4 heteroatoms. The number of fused-ring (bicyclic) bond motifs is 1. The number of benzene rings is 1. The van der Waals surface area contributed by atoms with Crippen molar-refractivity contribution in [3.05, 3.63) is 35.4 Å². The second kappa shape index (κ2) is 5.35. The van der Waals surface area contributed by atoms with Crippen LogP contribution in [0.4, 0.5) is 5.82 Å². The zero-order valence-corrected chi connectivity index (χ0v) is 11.5. The minimum absolute atomic E-state index is 0.209. The largest absolute Gasteiger partial charge is 0.366 e. The first kappa shape index (κ1) is 12.7. The van der Waals surface area contributed by atoms with Crippen LogP contribution in [0.5, 0.6) is 0 Å². The highest BCUT2D eigenvalue weighted by atomic mass is 35.5. The molecule has 2 atom stereocenters. The number of nitrogens with zero attached hydrogens (tertiary/aromatic N) is 1. The second-order valence-corrected chi connectivity index (χ2v) is 5.61. The molecule has 19 heavy (non-hydrogen) atoms. The highest BCUT2D eigenvalue weighted by Crippen LogP contribution is 2.27. The molecule has 100 valence electrons. The molecular formula is C15H18ClN3. The van der Waals surface area contributed by atoms with E-state index in [1.54, 1.807) is 0 Å². The third-order valence-electron chi connectivity index (χ3n) is 3.82. The van der Waals surface area contributed by atoms with Crippen LogP contribution < -0.4 is 11.1 Å². The number of pyridine rings is 1. The minimum Gasteiger partial charge on any atom is -0.366 e. The second-order valence-electron chi connectivity index (χ2n) is 5.21. The van der Waals surface area contributed by atoms with Crippen molar-refractivity contribution < 1.29 is 0 Å². The number of anilines is 1. The molecule has 0 amide bonds. The summed E-state index contributed by atoms with van der Waals surface area (Å²) in [5, 5.41) is 5.17. The molecule has 0 radical (unpaired) electrons. The Bertz CT molecular complexity index is 585. The Morgan fingerprint density at radius 1 is 1.21 bits per heavy atom. The van der Waals surface area contributed by atoms with Crippen LogP contribution in [0.25, 0.3) is 10.9 Å². The fourth-order valence-electron chi connectivity index (χ4n) is 2.74. The monoisotopic (exact) mass is 275 g/mol. The van der Waals surface area contributed by atoms with Crippen LogP contribution in [0.1, 0.15) is 25.7 Å². The number of aromatic nitrogens is 1. The molecule has 1 heterocycles. The molecule has 0 spiro atoms. The van der Waals surface area contributed by atoms with Crippen molar-refractivity contribution in [2.75, 3.05) is 5.32 Å². The molecule has 3 rings (SSSR count). The molecular weight excluding hydrogens is 258 g/mol. The maximum atomic E-state index is 6.31. The van der Waals surface area contributed by atoms with E-state index in [0.29, 0.717) is 6.04 Å². The molecule has 0 saturated heterocycles. The van der Waals surface area contributed by atoms with E-state index in [1.165, 1.54) is 12.8 Å². The van der Waals surface area contributed by atoms with Crippen molar-refractivity contribution in [2.45, 2.75) is 37.8 Å². The summed E-state index contributed by atoms with van der Waals surface area (Å²) < 4.78 is 0. The van der Waals surface area contributed by atoms with Gasteiger partial charge >= 0.3 is 0 Å². The van der Waals surface area contributed by atoms with Gasteiger partial charge in [0.05, 0.1) is 10.5 Å². The summed E-state index contributed by atoms with van der Waals surface area (Å²) in [6.07, 6.45) is 4.64. The lowest BCUT2D eigenvalue weighted by atomic mass is 9.91. The number of nitrogens with one attached hydrogen (secondary N) is 1. The summed E-state index contributed by atoms with van der Waals surface area (Å²) in [5.41, 5.74) is 7.07. The minimum atomic E-state index is 0.209. The molecule has 2 unspecified atom stereocenters. The van der Waals surface area contributed by atoms with E-state index < -0.39 is 0 Å². The Hall–Kier alpha value is -1.32. The number of halogens is 1. The van der Waals surface area contributed by atoms with Gasteiger partial charge in [0.1, 0.15) is 5.82 Å². The highest BCUT2D eigenvalue weighted by molar-refractivity contribution is 6.35. The van der Waals surface area contributed by atoms with E-state index in [0.717, 1.165) is 34.6 Å². The Morgan fingerprint density at radius 3 is 2.84 bits per heavy atom. The first-order valence-electron chi connectivity index (χ1n) is 6.81. The predicted molar refractivity (Wildman–Crippen MR) is 80.6 cm³/mol. The van der Waals surface area contributed by atoms with Crippen molar-refractivity contribution >= 4 is 28.3 Å². The standard InChI is InChI=1S/C15H18ClN3/c16-11-9-15(18-13-7-3-1-5-10(11)13)19-14-8-4-2-6-12(14)17/h1,3,5,7,9,12,14H,2,4,6,8,17H2,(H,18,19). The fourth-order valence-corrected chi connectivity index (χ4v) is 3.00. The summed E-state index contributed by atoms with van der Waals surface area (Å²) in [4.78, 5) is 4.61. The van der Waals surface area contributed by atoms with Crippen LogP contribution in [0.3, 0.4) is 0 Å². The van der Waals surface area contributed by atoms with Crippen LogP contribution in [0.15, 0.2) is 30.3 Å². The molecule has 0 aliphatic heterocycles. The van der Waals surface area contributed by atoms with Crippen molar-refractivity contribution in [3.8, 4) is 0 Å². The first-order valence-corrected chi connectivity index (χ1v) is 7.19. The van der Waals surface area contributed by atoms with E-state index >= 15 is 0 Å². The topological polar surface area (TPSA) is 50.9 Å². The molecule has 1 saturated carbocycles. The fraction of sp³-hybridized carbons (Fsp3) is 0.400. The van der Waals surface area contributed by atoms with Gasteiger partial charge in [0.25, 0.3) is 0 Å². The van der Waals surface area contributed by atoms with Gasteiger partial charge in [-0.2, -0.15) is 0 Å². The van der Waals surface area contributed by atoms with E-state index in [4.69, 9.17) is 17.3 Å². The third-order valence-corrected chi connectivity index (χ3v) is 4.13. The molecule has 1 aromatic heterocycles. The zero-order chi connectivity index (χ0) is 13.2. The van der Waals surface area contributed by atoms with Gasteiger partial charge in [-0.3, -0.25) is 0 Å². The van der Waals surface area contributed by atoms with E-state index in [2.05, 4.69) is 10.3 Å². The van der Waals surface area contributed by atoms with Crippen LogP contribution in [0.2, 0.25) is 5.02 Å². The lowest BCUT2D eigenvalue weighted by molar-refractivity contribution is 0.403. The summed E-state index contributed by atoms with van der Waals surface area (Å²) in [7, 11) is 0. The lowest BCUT2D eigenvalue weighted by Crippen LogP contribution is -2.42. The maximum Gasteiger partial charge on any atom is 0.128 e. The van der Waals surface area contributed by atoms with Crippen LogP contribution in [-0.4, -0.2) is 17.1 Å². The first-order chi connectivity index (χ1) is 9.24. The van der Waals surface area contributed by atoms with Gasteiger partial charge in [0, 0.05) is 17.5 Å². The number of hydrogen-bond donors (Lipinski definition) is 2. The maximum absolute atomic E-state index is 6.31. The van der Waals surface area contributed by atoms with Gasteiger partial charge in [-0.05, 0) is 25.0 Å². The van der Waals surface area contributed by atoms with Gasteiger partial charge in [0.2, 0.25) is 0 Å². The molecule has 1 aliphatic rings. The van der Waals surface area contributed by atoms with Gasteiger partial charge in [0.15, 0.2) is 0 Å². The smallest absolute Gasteiger partial charge is 0.128 e. The highest BCUT2D eigenvalue weighted by Gasteiger charge is 2.22. The lowest BCUT2D eigenvalue weighted by Gasteiger charge is -2.29. The Labute approximate surface area is 118 Å². The van der Waals surface area contributed by atoms with Crippen molar-refractivity contribution in [2.24, 2.45) is 5.73 Å². The van der Waals surface area contributed by atoms with Crippen LogP contribution in [-0.2, 0) is 0 Å². The van der Waals surface area contributed by atoms with Gasteiger partial charge in [-0.15, -0.1) is 0 Å².